The van der Waals surface area contributed by atoms with Crippen LogP contribution in [0.4, 0.5) is 57.1 Å². The van der Waals surface area contributed by atoms with E-state index in [0.717, 1.165) is 0 Å². The van der Waals surface area contributed by atoms with E-state index in [0.29, 0.717) is 0 Å². The van der Waals surface area contributed by atoms with E-state index in [9.17, 15) is 57.1 Å². The number of halogens is 13. The van der Waals surface area contributed by atoms with Crippen molar-refractivity contribution in [2.45, 2.75) is 48.0 Å². The molecule has 0 bridgehead atoms. The third kappa shape index (κ3) is 3.75. The fourth-order valence-electron chi connectivity index (χ4n) is 1.37. The average Bonchev–Trinajstić information content (AvgIpc) is 2.43. The normalized spacial score (nSPS) is 20.8. The summed E-state index contributed by atoms with van der Waals surface area (Å²) in [5.41, 5.74) is -4.43. The predicted octanol–water partition coefficient (Wildman–Crippen LogP) is 3.51. The molecule has 0 rings (SSSR count). The summed E-state index contributed by atoms with van der Waals surface area (Å²) in [5.74, 6) is -27.8. The summed E-state index contributed by atoms with van der Waals surface area (Å²) in [6.45, 7) is -5.34. The second kappa shape index (κ2) is 6.63. The molecule has 0 amide bonds. The van der Waals surface area contributed by atoms with E-state index >= 15 is 0 Å². The lowest BCUT2D eigenvalue weighted by atomic mass is 9.89. The Morgan fingerprint density at radius 1 is 0.680 bits per heavy atom. The largest absolute Gasteiger partial charge is 0.455 e. The Morgan fingerprint density at radius 2 is 1.04 bits per heavy atom. The van der Waals surface area contributed by atoms with Gasteiger partial charge in [0.05, 0.1) is 6.42 Å². The van der Waals surface area contributed by atoms with Crippen LogP contribution in [0.2, 0.25) is 0 Å². The lowest BCUT2D eigenvalue weighted by Gasteiger charge is -2.40. The maximum atomic E-state index is 13.3. The summed E-state index contributed by atoms with van der Waals surface area (Å²) in [5, 5.41) is 16.4. The van der Waals surface area contributed by atoms with E-state index in [1.807, 2.05) is 0 Å². The van der Waals surface area contributed by atoms with Crippen LogP contribution in [0.25, 0.3) is 0 Å². The van der Waals surface area contributed by atoms with Crippen molar-refractivity contribution in [3.05, 3.63) is 0 Å². The molecular formula is C10H9F13O2. The lowest BCUT2D eigenvalue weighted by molar-refractivity contribution is -0.458. The van der Waals surface area contributed by atoms with Crippen molar-refractivity contribution in [3.8, 4) is 0 Å². The molecule has 0 fully saturated rings. The van der Waals surface area contributed by atoms with Crippen LogP contribution in [0, 0.1) is 0 Å². The molecule has 0 spiro atoms. The summed E-state index contributed by atoms with van der Waals surface area (Å²) in [7, 11) is 0. The molecule has 0 aromatic carbocycles. The van der Waals surface area contributed by atoms with Crippen molar-refractivity contribution in [3.63, 3.8) is 0 Å². The molecule has 152 valence electrons. The van der Waals surface area contributed by atoms with Gasteiger partial charge in [0, 0.05) is 0 Å². The van der Waals surface area contributed by atoms with Crippen LogP contribution in [-0.2, 0) is 0 Å². The molecule has 2 N–H and O–H groups in total. The van der Waals surface area contributed by atoms with E-state index in [2.05, 4.69) is 0 Å². The van der Waals surface area contributed by atoms with Gasteiger partial charge in [-0.1, -0.05) is 0 Å². The zero-order valence-electron chi connectivity index (χ0n) is 11.5. The quantitative estimate of drug-likeness (QED) is 0.604. The van der Waals surface area contributed by atoms with Gasteiger partial charge in [-0.05, 0) is 0 Å². The lowest BCUT2D eigenvalue weighted by Crippen LogP contribution is -2.70. The Hall–Kier alpha value is -0.990. The van der Waals surface area contributed by atoms with Crippen molar-refractivity contribution in [1.82, 2.24) is 0 Å². The Kier molecular flexibility index (Phi) is 6.37. The van der Waals surface area contributed by atoms with Crippen LogP contribution < -0.4 is 0 Å². The van der Waals surface area contributed by atoms with E-state index in [1.54, 1.807) is 0 Å². The minimum absolute atomic E-state index is 2.67. The van der Waals surface area contributed by atoms with E-state index < -0.39 is 61.3 Å². The fourth-order valence-corrected chi connectivity index (χ4v) is 1.37. The van der Waals surface area contributed by atoms with Crippen LogP contribution in [-0.4, -0.2) is 65.1 Å². The maximum Gasteiger partial charge on any atom is 0.455 e. The van der Waals surface area contributed by atoms with Gasteiger partial charge >= 0.3 is 29.7 Å². The average molecular weight is 408 g/mol. The van der Waals surface area contributed by atoms with Crippen molar-refractivity contribution >= 4 is 0 Å². The van der Waals surface area contributed by atoms with Gasteiger partial charge in [-0.2, -0.15) is 39.5 Å². The monoisotopic (exact) mass is 408 g/mol. The third-order valence-electron chi connectivity index (χ3n) is 3.13. The molecule has 0 aromatic rings. The topological polar surface area (TPSA) is 40.5 Å². The van der Waals surface area contributed by atoms with Crippen molar-refractivity contribution < 1.29 is 67.3 Å². The maximum absolute atomic E-state index is 13.3. The highest BCUT2D eigenvalue weighted by atomic mass is 19.4. The molecule has 0 aliphatic carbocycles. The first-order valence-corrected chi connectivity index (χ1v) is 5.85. The minimum atomic E-state index is -7.36. The van der Waals surface area contributed by atoms with Crippen LogP contribution in [0.15, 0.2) is 0 Å². The smallest absolute Gasteiger partial charge is 0.352 e. The molecule has 0 aliphatic rings. The van der Waals surface area contributed by atoms with Crippen molar-refractivity contribution in [2.75, 3.05) is 13.3 Å². The van der Waals surface area contributed by atoms with E-state index in [-0.39, 0.29) is 0 Å². The van der Waals surface area contributed by atoms with Crippen molar-refractivity contribution in [1.29, 1.82) is 0 Å². The summed E-state index contributed by atoms with van der Waals surface area (Å²) >= 11 is 0. The molecule has 0 aliphatic heterocycles. The minimum Gasteiger partial charge on any atom is -0.352 e. The van der Waals surface area contributed by atoms with E-state index in [4.69, 9.17) is 10.2 Å². The number of hydrogen-bond acceptors (Lipinski definition) is 2. The fraction of sp³-hybridized carbons (Fsp3) is 1.00. The van der Waals surface area contributed by atoms with Gasteiger partial charge < -0.3 is 10.2 Å². The molecular weight excluding hydrogens is 399 g/mol. The summed E-state index contributed by atoms with van der Waals surface area (Å²) in [6, 6.07) is 0. The zero-order valence-corrected chi connectivity index (χ0v) is 11.5. The highest BCUT2D eigenvalue weighted by Gasteiger charge is 2.84. The van der Waals surface area contributed by atoms with Gasteiger partial charge in [0.2, 0.25) is 0 Å². The van der Waals surface area contributed by atoms with Crippen molar-refractivity contribution in [2.24, 2.45) is 0 Å². The summed E-state index contributed by atoms with van der Waals surface area (Å²) < 4.78 is 165. The van der Waals surface area contributed by atoms with Gasteiger partial charge in [0.1, 0.15) is 19.5 Å². The molecule has 3 atom stereocenters. The number of alkyl halides is 13. The molecule has 0 heterocycles. The van der Waals surface area contributed by atoms with Gasteiger partial charge in [-0.25, -0.2) is 17.6 Å². The number of hydrogen-bond donors (Lipinski definition) is 2. The highest BCUT2D eigenvalue weighted by Crippen LogP contribution is 2.55. The summed E-state index contributed by atoms with van der Waals surface area (Å²) in [4.78, 5) is 0. The Bertz CT molecular complexity index is 454. The predicted molar refractivity (Wildman–Crippen MR) is 53.4 cm³/mol. The standard InChI is InChI=1S/C10H9F13O2/c11-2-5(14,3-12)4(13)1-6(15,16)8(19,24)7(17,18)9(20,25)10(21,22)23/h4,24-25H,1-3H2. The second-order valence-electron chi connectivity index (χ2n) is 4.99. The first-order valence-electron chi connectivity index (χ1n) is 5.85. The number of aliphatic hydroxyl groups is 2. The van der Waals surface area contributed by atoms with Crippen LogP contribution in [0.5, 0.6) is 0 Å². The SMILES string of the molecule is OC(F)(C(F)(F)F)C(F)(F)C(O)(F)C(F)(F)CC(F)C(F)(CF)CF. The van der Waals surface area contributed by atoms with Crippen LogP contribution >= 0.6 is 0 Å². The first kappa shape index (κ1) is 24.0. The van der Waals surface area contributed by atoms with Crippen LogP contribution in [0.3, 0.4) is 0 Å². The van der Waals surface area contributed by atoms with Gasteiger partial charge in [-0.3, -0.25) is 0 Å². The molecule has 25 heavy (non-hydrogen) atoms. The van der Waals surface area contributed by atoms with Gasteiger partial charge in [0.15, 0.2) is 5.67 Å². The Labute approximate surface area is 130 Å². The van der Waals surface area contributed by atoms with Gasteiger partial charge in [0.25, 0.3) is 0 Å². The molecule has 0 aromatic heterocycles. The third-order valence-corrected chi connectivity index (χ3v) is 3.13. The molecule has 3 unspecified atom stereocenters. The second-order valence-corrected chi connectivity index (χ2v) is 4.99. The molecule has 2 nitrogen and oxygen atoms in total. The Balaban J connectivity index is 5.90. The Morgan fingerprint density at radius 3 is 1.32 bits per heavy atom. The number of rotatable bonds is 8. The van der Waals surface area contributed by atoms with Crippen LogP contribution in [0.1, 0.15) is 6.42 Å². The molecule has 15 heteroatoms. The van der Waals surface area contributed by atoms with E-state index in [1.165, 1.54) is 0 Å². The molecule has 0 saturated carbocycles. The molecule has 0 radical (unpaired) electrons. The molecule has 0 saturated heterocycles. The highest BCUT2D eigenvalue weighted by molar-refractivity contribution is 5.07. The summed E-state index contributed by atoms with van der Waals surface area (Å²) in [6.07, 6.45) is -14.6. The van der Waals surface area contributed by atoms with Gasteiger partial charge in [-0.15, -0.1) is 0 Å². The first-order chi connectivity index (χ1) is 10.7. The zero-order chi connectivity index (χ0) is 20.7.